The maximum Gasteiger partial charge on any atom is 0.237 e. The Morgan fingerprint density at radius 2 is 1.86 bits per heavy atom. The summed E-state index contributed by atoms with van der Waals surface area (Å²) >= 11 is 0. The largest absolute Gasteiger partial charge is 0.354 e. The average Bonchev–Trinajstić information content (AvgIpc) is 3.18. The summed E-state index contributed by atoms with van der Waals surface area (Å²) in [4.78, 5) is 14.4. The maximum absolute atomic E-state index is 12.9. The van der Waals surface area contributed by atoms with Crippen molar-refractivity contribution in [2.24, 2.45) is 0 Å². The second kappa shape index (κ2) is 9.28. The number of carbonyl (C=O) groups excluding carboxylic acids is 1. The van der Waals surface area contributed by atoms with Crippen LogP contribution < -0.4 is 5.32 Å². The van der Waals surface area contributed by atoms with Crippen molar-refractivity contribution in [3.05, 3.63) is 83.9 Å². The van der Waals surface area contributed by atoms with Gasteiger partial charge < -0.3 is 5.32 Å². The first-order valence-corrected chi connectivity index (χ1v) is 9.34. The fourth-order valence-corrected chi connectivity index (χ4v) is 2.92. The van der Waals surface area contributed by atoms with Gasteiger partial charge in [-0.15, -0.1) is 0 Å². The molecule has 146 valence electrons. The highest BCUT2D eigenvalue weighted by Gasteiger charge is 2.18. The van der Waals surface area contributed by atoms with E-state index in [0.29, 0.717) is 19.5 Å². The summed E-state index contributed by atoms with van der Waals surface area (Å²) in [6.45, 7) is 3.03. The zero-order chi connectivity index (χ0) is 19.9. The lowest BCUT2D eigenvalue weighted by Gasteiger charge is -2.23. The second-order valence-electron chi connectivity index (χ2n) is 6.89. The molecule has 0 radical (unpaired) electrons. The van der Waals surface area contributed by atoms with Crippen LogP contribution in [-0.2, 0) is 17.8 Å². The maximum atomic E-state index is 12.9. The molecule has 1 atom stereocenters. The lowest BCUT2D eigenvalue weighted by molar-refractivity contribution is -0.125. The molecule has 1 unspecified atom stereocenters. The lowest BCUT2D eigenvalue weighted by atomic mass is 10.1. The Hall–Kier alpha value is -2.99. The van der Waals surface area contributed by atoms with Gasteiger partial charge in [0.1, 0.15) is 5.82 Å². The van der Waals surface area contributed by atoms with Crippen molar-refractivity contribution in [1.29, 1.82) is 0 Å². The van der Waals surface area contributed by atoms with E-state index in [9.17, 15) is 9.18 Å². The third kappa shape index (κ3) is 5.27. The number of benzene rings is 2. The summed E-state index contributed by atoms with van der Waals surface area (Å²) < 4.78 is 14.8. The van der Waals surface area contributed by atoms with Crippen LogP contribution in [0.4, 0.5) is 4.39 Å². The number of hydrogen-bond acceptors (Lipinski definition) is 3. The van der Waals surface area contributed by atoms with Crippen LogP contribution in [-0.4, -0.2) is 40.2 Å². The molecule has 3 rings (SSSR count). The fraction of sp³-hybridized carbons (Fsp3) is 0.273. The summed E-state index contributed by atoms with van der Waals surface area (Å²) in [5, 5.41) is 7.34. The average molecular weight is 380 g/mol. The molecule has 1 N–H and O–H groups in total. The molecule has 0 aliphatic heterocycles. The molecule has 5 nitrogen and oxygen atoms in total. The Labute approximate surface area is 164 Å². The van der Waals surface area contributed by atoms with Crippen molar-refractivity contribution in [2.75, 3.05) is 13.6 Å². The number of aromatic nitrogens is 2. The molecule has 2 aromatic carbocycles. The molecule has 3 aromatic rings. The predicted molar refractivity (Wildman–Crippen MR) is 108 cm³/mol. The summed E-state index contributed by atoms with van der Waals surface area (Å²) in [5.41, 5.74) is 3.04. The van der Waals surface area contributed by atoms with Crippen LogP contribution in [0.5, 0.6) is 0 Å². The van der Waals surface area contributed by atoms with Gasteiger partial charge in [-0.2, -0.15) is 5.10 Å². The first-order chi connectivity index (χ1) is 13.5. The van der Waals surface area contributed by atoms with Crippen LogP contribution >= 0.6 is 0 Å². The van der Waals surface area contributed by atoms with Gasteiger partial charge in [0.2, 0.25) is 5.91 Å². The summed E-state index contributed by atoms with van der Waals surface area (Å²) in [6.07, 6.45) is 4.47. The van der Waals surface area contributed by atoms with E-state index in [1.807, 2.05) is 66.3 Å². The number of amides is 1. The molecule has 0 aliphatic rings. The van der Waals surface area contributed by atoms with Crippen LogP contribution in [0.3, 0.4) is 0 Å². The topological polar surface area (TPSA) is 50.2 Å². The number of halogens is 1. The van der Waals surface area contributed by atoms with Gasteiger partial charge in [0, 0.05) is 24.8 Å². The Morgan fingerprint density at radius 1 is 1.14 bits per heavy atom. The third-order valence-corrected chi connectivity index (χ3v) is 4.76. The molecule has 1 heterocycles. The lowest BCUT2D eigenvalue weighted by Crippen LogP contribution is -2.43. The van der Waals surface area contributed by atoms with Gasteiger partial charge in [-0.1, -0.05) is 30.3 Å². The molecule has 0 saturated heterocycles. The minimum atomic E-state index is -0.270. The predicted octanol–water partition coefficient (Wildman–Crippen LogP) is 3.19. The van der Waals surface area contributed by atoms with Crippen molar-refractivity contribution in [2.45, 2.75) is 25.9 Å². The Balaban J connectivity index is 1.48. The van der Waals surface area contributed by atoms with Crippen LogP contribution in [0, 0.1) is 5.82 Å². The van der Waals surface area contributed by atoms with Crippen LogP contribution in [0.25, 0.3) is 5.69 Å². The van der Waals surface area contributed by atoms with Crippen LogP contribution in [0.1, 0.15) is 18.1 Å². The first-order valence-electron chi connectivity index (χ1n) is 9.34. The zero-order valence-corrected chi connectivity index (χ0v) is 16.2. The van der Waals surface area contributed by atoms with Crippen molar-refractivity contribution >= 4 is 5.91 Å². The molecule has 28 heavy (non-hydrogen) atoms. The van der Waals surface area contributed by atoms with Crippen molar-refractivity contribution in [3.63, 3.8) is 0 Å². The molecule has 1 aromatic heterocycles. The van der Waals surface area contributed by atoms with E-state index in [1.165, 1.54) is 12.1 Å². The van der Waals surface area contributed by atoms with Crippen molar-refractivity contribution < 1.29 is 9.18 Å². The van der Waals surface area contributed by atoms with E-state index in [-0.39, 0.29) is 17.8 Å². The van der Waals surface area contributed by atoms with E-state index >= 15 is 0 Å². The summed E-state index contributed by atoms with van der Waals surface area (Å²) in [6, 6.07) is 16.0. The number of hydrogen-bond donors (Lipinski definition) is 1. The number of nitrogens with zero attached hydrogens (tertiary/aromatic N) is 3. The van der Waals surface area contributed by atoms with Gasteiger partial charge in [-0.05, 0) is 50.2 Å². The number of rotatable bonds is 8. The molecule has 6 heteroatoms. The standard InChI is InChI=1S/C22H25FN4O/c1-17(22(28)24-13-12-18-8-10-20(23)11-9-18)26(2)15-19-14-25-27(16-19)21-6-4-3-5-7-21/h3-11,14,16-17H,12-13,15H2,1-2H3,(H,24,28). The van der Waals surface area contributed by atoms with Crippen LogP contribution in [0.15, 0.2) is 67.0 Å². The van der Waals surface area contributed by atoms with Gasteiger partial charge in [0.25, 0.3) is 0 Å². The van der Waals surface area contributed by atoms with Crippen LogP contribution in [0.2, 0.25) is 0 Å². The molecular weight excluding hydrogens is 355 g/mol. The smallest absolute Gasteiger partial charge is 0.237 e. The van der Waals surface area contributed by atoms with Gasteiger partial charge in [-0.25, -0.2) is 9.07 Å². The number of para-hydroxylation sites is 1. The van der Waals surface area contributed by atoms with E-state index in [1.54, 1.807) is 12.1 Å². The SMILES string of the molecule is CC(C(=O)NCCc1ccc(F)cc1)N(C)Cc1cnn(-c2ccccc2)c1. The minimum Gasteiger partial charge on any atom is -0.354 e. The number of likely N-dealkylation sites (N-methyl/N-ethyl adjacent to an activating group) is 1. The third-order valence-electron chi connectivity index (χ3n) is 4.76. The fourth-order valence-electron chi connectivity index (χ4n) is 2.92. The highest BCUT2D eigenvalue weighted by Crippen LogP contribution is 2.10. The molecule has 1 amide bonds. The Kier molecular flexibility index (Phi) is 6.55. The van der Waals surface area contributed by atoms with E-state index in [4.69, 9.17) is 0 Å². The van der Waals surface area contributed by atoms with E-state index in [2.05, 4.69) is 10.4 Å². The van der Waals surface area contributed by atoms with Crippen molar-refractivity contribution in [3.8, 4) is 5.69 Å². The van der Waals surface area contributed by atoms with Gasteiger partial charge >= 0.3 is 0 Å². The van der Waals surface area contributed by atoms with Crippen molar-refractivity contribution in [1.82, 2.24) is 20.0 Å². The zero-order valence-electron chi connectivity index (χ0n) is 16.2. The molecule has 0 saturated carbocycles. The van der Waals surface area contributed by atoms with E-state index < -0.39 is 0 Å². The van der Waals surface area contributed by atoms with Gasteiger partial charge in [0.15, 0.2) is 0 Å². The Bertz CT molecular complexity index is 892. The Morgan fingerprint density at radius 3 is 2.57 bits per heavy atom. The summed E-state index contributed by atoms with van der Waals surface area (Å²) in [5.74, 6) is -0.279. The highest BCUT2D eigenvalue weighted by molar-refractivity contribution is 5.81. The first kappa shape index (κ1) is 19.8. The molecular formula is C22H25FN4O. The minimum absolute atomic E-state index is 0.0277. The van der Waals surface area contributed by atoms with E-state index in [0.717, 1.165) is 16.8 Å². The monoisotopic (exact) mass is 380 g/mol. The number of carbonyl (C=O) groups is 1. The molecule has 0 aliphatic carbocycles. The van der Waals surface area contributed by atoms with Gasteiger partial charge in [-0.3, -0.25) is 9.69 Å². The quantitative estimate of drug-likeness (QED) is 0.653. The number of nitrogens with one attached hydrogen (secondary N) is 1. The molecule has 0 spiro atoms. The molecule has 0 fully saturated rings. The second-order valence-corrected chi connectivity index (χ2v) is 6.89. The normalized spacial score (nSPS) is 12.1. The molecule has 0 bridgehead atoms. The van der Waals surface area contributed by atoms with Gasteiger partial charge in [0.05, 0.1) is 17.9 Å². The summed E-state index contributed by atoms with van der Waals surface area (Å²) in [7, 11) is 1.92. The highest BCUT2D eigenvalue weighted by atomic mass is 19.1.